The second-order valence-electron chi connectivity index (χ2n) is 15.1. The first-order chi connectivity index (χ1) is 27.8. The summed E-state index contributed by atoms with van der Waals surface area (Å²) >= 11 is 0. The van der Waals surface area contributed by atoms with Gasteiger partial charge >= 0.3 is 0 Å². The molecule has 0 saturated carbocycles. The van der Waals surface area contributed by atoms with Crippen LogP contribution in [0.3, 0.4) is 0 Å². The molecule has 0 saturated heterocycles. The van der Waals surface area contributed by atoms with Crippen LogP contribution in [0.5, 0.6) is 0 Å². The van der Waals surface area contributed by atoms with Crippen molar-refractivity contribution in [2.24, 2.45) is 0 Å². The van der Waals surface area contributed by atoms with E-state index in [0.29, 0.717) is 0 Å². The molecule has 2 aromatic heterocycles. The first-order valence-electron chi connectivity index (χ1n) is 19.2. The molecule has 0 aliphatic rings. The molecule has 0 atom stereocenters. The smallest absolute Gasteiger partial charge is 0.143 e. The van der Waals surface area contributed by atoms with Crippen molar-refractivity contribution in [3.8, 4) is 33.4 Å². The van der Waals surface area contributed by atoms with Crippen LogP contribution >= 0.6 is 0 Å². The van der Waals surface area contributed by atoms with Gasteiger partial charge in [0.05, 0.1) is 0 Å². The maximum atomic E-state index is 7.07. The van der Waals surface area contributed by atoms with Gasteiger partial charge in [0.2, 0.25) is 0 Å². The fraction of sp³-hybridized carbons (Fsp3) is 0. The van der Waals surface area contributed by atoms with Crippen molar-refractivity contribution < 1.29 is 8.83 Å². The van der Waals surface area contributed by atoms with E-state index >= 15 is 0 Å². The Bertz CT molecular complexity index is 3750. The zero-order chi connectivity index (χ0) is 36.5. The number of benzene rings is 11. The molecule has 0 fully saturated rings. The summed E-state index contributed by atoms with van der Waals surface area (Å²) in [5.74, 6) is 0. The fourth-order valence-electron chi connectivity index (χ4n) is 9.72. The highest BCUT2D eigenvalue weighted by Crippen LogP contribution is 2.47. The van der Waals surface area contributed by atoms with Crippen LogP contribution in [0, 0.1) is 0 Å². The topological polar surface area (TPSA) is 26.3 Å². The van der Waals surface area contributed by atoms with Gasteiger partial charge in [0.1, 0.15) is 22.3 Å². The van der Waals surface area contributed by atoms with E-state index in [-0.39, 0.29) is 0 Å². The molecule has 13 aromatic rings. The van der Waals surface area contributed by atoms with Crippen LogP contribution in [0.15, 0.2) is 191 Å². The van der Waals surface area contributed by atoms with E-state index < -0.39 is 0 Å². The maximum Gasteiger partial charge on any atom is 0.143 e. The Labute approximate surface area is 320 Å². The molecule has 2 nitrogen and oxygen atoms in total. The maximum absolute atomic E-state index is 7.07. The van der Waals surface area contributed by atoms with Gasteiger partial charge in [-0.15, -0.1) is 0 Å². The van der Waals surface area contributed by atoms with Crippen LogP contribution in [0.1, 0.15) is 0 Å². The van der Waals surface area contributed by atoms with Crippen LogP contribution in [0.25, 0.3) is 131 Å². The van der Waals surface area contributed by atoms with E-state index in [9.17, 15) is 0 Å². The second-order valence-corrected chi connectivity index (χ2v) is 15.1. The molecular formula is C54H30O2. The van der Waals surface area contributed by atoms with E-state index in [0.717, 1.165) is 66.0 Å². The molecule has 2 heterocycles. The van der Waals surface area contributed by atoms with Crippen molar-refractivity contribution in [1.29, 1.82) is 0 Å². The van der Waals surface area contributed by atoms with Gasteiger partial charge in [-0.25, -0.2) is 0 Å². The molecule has 0 radical (unpaired) electrons. The first-order valence-corrected chi connectivity index (χ1v) is 19.2. The van der Waals surface area contributed by atoms with E-state index in [4.69, 9.17) is 8.83 Å². The summed E-state index contributed by atoms with van der Waals surface area (Å²) in [6.45, 7) is 0. The minimum absolute atomic E-state index is 0.897. The summed E-state index contributed by atoms with van der Waals surface area (Å²) in [6, 6.07) is 66.1. The zero-order valence-corrected chi connectivity index (χ0v) is 30.1. The Balaban J connectivity index is 1.13. The molecule has 0 unspecified atom stereocenters. The average Bonchev–Trinajstić information content (AvgIpc) is 3.84. The third kappa shape index (κ3) is 4.05. The van der Waals surface area contributed by atoms with E-state index in [1.54, 1.807) is 0 Å². The summed E-state index contributed by atoms with van der Waals surface area (Å²) in [5, 5.41) is 16.9. The number of hydrogen-bond acceptors (Lipinski definition) is 2. The zero-order valence-electron chi connectivity index (χ0n) is 30.1. The molecule has 0 aliphatic carbocycles. The molecule has 0 bridgehead atoms. The third-order valence-electron chi connectivity index (χ3n) is 12.2. The van der Waals surface area contributed by atoms with Crippen LogP contribution in [-0.2, 0) is 0 Å². The minimum Gasteiger partial charge on any atom is -0.456 e. The summed E-state index contributed by atoms with van der Waals surface area (Å²) in [6.07, 6.45) is 0. The molecule has 2 heteroatoms. The number of fused-ring (bicyclic) bond motifs is 9. The molecule has 0 amide bonds. The number of hydrogen-bond donors (Lipinski definition) is 0. The van der Waals surface area contributed by atoms with Gasteiger partial charge in [0.25, 0.3) is 0 Å². The van der Waals surface area contributed by atoms with Gasteiger partial charge < -0.3 is 8.83 Å². The largest absolute Gasteiger partial charge is 0.456 e. The van der Waals surface area contributed by atoms with Crippen molar-refractivity contribution in [3.63, 3.8) is 0 Å². The van der Waals surface area contributed by atoms with Crippen molar-refractivity contribution in [2.75, 3.05) is 0 Å². The van der Waals surface area contributed by atoms with Crippen molar-refractivity contribution in [2.45, 2.75) is 0 Å². The standard InChI is InChI=1S/C54H30O2/c1-2-12-37-31(9-1)21-26-44-47-30-35(36-24-22-34-20-19-32-10-7-11-33-23-25-43(36)51(34)50(32)33)29-46(54(47)56-53(37)44)41-28-27-40(38-13-3-4-14-39(38)41)42-16-8-18-49-52(42)45-15-5-6-17-48(45)55-49/h1-30H. The Morgan fingerprint density at radius 3 is 1.68 bits per heavy atom. The summed E-state index contributed by atoms with van der Waals surface area (Å²) in [5.41, 5.74) is 10.6. The molecule has 56 heavy (non-hydrogen) atoms. The minimum atomic E-state index is 0.897. The molecule has 0 N–H and O–H groups in total. The highest BCUT2D eigenvalue weighted by atomic mass is 16.3. The Kier molecular flexibility index (Phi) is 5.92. The quantitative estimate of drug-likeness (QED) is 0.171. The van der Waals surface area contributed by atoms with Gasteiger partial charge in [-0.3, -0.25) is 0 Å². The number of furan rings is 2. The Morgan fingerprint density at radius 2 is 0.839 bits per heavy atom. The third-order valence-corrected chi connectivity index (χ3v) is 12.2. The van der Waals surface area contributed by atoms with Gasteiger partial charge in [-0.2, -0.15) is 0 Å². The van der Waals surface area contributed by atoms with E-state index in [1.807, 2.05) is 6.07 Å². The van der Waals surface area contributed by atoms with Gasteiger partial charge in [0, 0.05) is 32.5 Å². The predicted octanol–water partition coefficient (Wildman–Crippen LogP) is 15.7. The molecule has 13 rings (SSSR count). The van der Waals surface area contributed by atoms with Gasteiger partial charge in [-0.1, -0.05) is 152 Å². The lowest BCUT2D eigenvalue weighted by Crippen LogP contribution is -1.90. The molecule has 258 valence electrons. The van der Waals surface area contributed by atoms with E-state index in [1.165, 1.54) is 65.2 Å². The second kappa shape index (κ2) is 11.1. The predicted molar refractivity (Wildman–Crippen MR) is 236 cm³/mol. The van der Waals surface area contributed by atoms with Gasteiger partial charge in [-0.05, 0) is 107 Å². The molecule has 11 aromatic carbocycles. The van der Waals surface area contributed by atoms with Crippen LogP contribution in [0.4, 0.5) is 0 Å². The van der Waals surface area contributed by atoms with Crippen molar-refractivity contribution in [1.82, 2.24) is 0 Å². The molecule has 0 aliphatic heterocycles. The highest BCUT2D eigenvalue weighted by molar-refractivity contribution is 6.27. The monoisotopic (exact) mass is 710 g/mol. The van der Waals surface area contributed by atoms with Crippen molar-refractivity contribution >= 4 is 97.7 Å². The highest BCUT2D eigenvalue weighted by Gasteiger charge is 2.22. The first kappa shape index (κ1) is 30.0. The van der Waals surface area contributed by atoms with Crippen LogP contribution < -0.4 is 0 Å². The fourth-order valence-corrected chi connectivity index (χ4v) is 9.72. The van der Waals surface area contributed by atoms with Gasteiger partial charge in [0.15, 0.2) is 0 Å². The van der Waals surface area contributed by atoms with E-state index in [2.05, 4.69) is 176 Å². The lowest BCUT2D eigenvalue weighted by Gasteiger charge is -2.16. The molecular weight excluding hydrogens is 681 g/mol. The van der Waals surface area contributed by atoms with Crippen LogP contribution in [-0.4, -0.2) is 0 Å². The lowest BCUT2D eigenvalue weighted by molar-refractivity contribution is 0.669. The Hall–Kier alpha value is -7.42. The normalized spacial score (nSPS) is 12.3. The summed E-state index contributed by atoms with van der Waals surface area (Å²) < 4.78 is 13.4. The molecule has 0 spiro atoms. The summed E-state index contributed by atoms with van der Waals surface area (Å²) in [7, 11) is 0. The van der Waals surface area contributed by atoms with Crippen LogP contribution in [0.2, 0.25) is 0 Å². The number of rotatable bonds is 3. The number of para-hydroxylation sites is 1. The van der Waals surface area contributed by atoms with Crippen molar-refractivity contribution in [3.05, 3.63) is 182 Å². The average molecular weight is 711 g/mol. The lowest BCUT2D eigenvalue weighted by atomic mass is 9.87. The SMILES string of the molecule is c1ccc2c(c1)ccc1c3cc(-c4ccc5ccc6cccc7ccc4c5c67)cc(-c4ccc(-c5cccc6oc7ccccc7c56)c5ccccc45)c3oc21. The Morgan fingerprint density at radius 1 is 0.250 bits per heavy atom. The summed E-state index contributed by atoms with van der Waals surface area (Å²) in [4.78, 5) is 0.